The molecule has 0 bridgehead atoms. The molecule has 3 saturated carbocycles. The highest BCUT2D eigenvalue weighted by atomic mass is 16.5. The number of fused-ring (bicyclic) bond motifs is 3. The van der Waals surface area contributed by atoms with E-state index in [-0.39, 0.29) is 28.6 Å². The molecule has 0 amide bonds. The Balaban J connectivity index is 2.04. The summed E-state index contributed by atoms with van der Waals surface area (Å²) in [6.07, 6.45) is 1.31. The molecule has 3 aliphatic rings. The van der Waals surface area contributed by atoms with Crippen LogP contribution in [0.5, 0.6) is 0 Å². The van der Waals surface area contributed by atoms with Crippen molar-refractivity contribution >= 4 is 5.97 Å². The zero-order valence-corrected chi connectivity index (χ0v) is 13.3. The molecule has 4 heteroatoms. The quantitative estimate of drug-likeness (QED) is 0.574. The van der Waals surface area contributed by atoms with Crippen molar-refractivity contribution in [2.75, 3.05) is 0 Å². The number of esters is 1. The van der Waals surface area contributed by atoms with Crippen molar-refractivity contribution in [2.24, 2.45) is 22.7 Å². The molecule has 0 aliphatic heterocycles. The van der Waals surface area contributed by atoms with Crippen LogP contribution in [0.25, 0.3) is 0 Å². The van der Waals surface area contributed by atoms with E-state index in [2.05, 4.69) is 27.4 Å². The van der Waals surface area contributed by atoms with Gasteiger partial charge < -0.3 is 14.9 Å². The van der Waals surface area contributed by atoms with Gasteiger partial charge in [-0.25, -0.2) is 0 Å². The topological polar surface area (TPSA) is 66.8 Å². The van der Waals surface area contributed by atoms with Gasteiger partial charge in [-0.2, -0.15) is 0 Å². The predicted molar refractivity (Wildman–Crippen MR) is 78.4 cm³/mol. The third-order valence-corrected chi connectivity index (χ3v) is 6.49. The summed E-state index contributed by atoms with van der Waals surface area (Å²) in [5.41, 5.74) is -0.903. The summed E-state index contributed by atoms with van der Waals surface area (Å²) in [4.78, 5) is 11.3. The zero-order valence-electron chi connectivity index (χ0n) is 13.3. The van der Waals surface area contributed by atoms with E-state index in [9.17, 15) is 15.0 Å². The van der Waals surface area contributed by atoms with Gasteiger partial charge in [0.05, 0.1) is 11.7 Å². The number of carbonyl (C=O) groups is 1. The lowest BCUT2D eigenvalue weighted by Gasteiger charge is -2.42. The molecule has 0 aromatic rings. The van der Waals surface area contributed by atoms with Gasteiger partial charge in [0.1, 0.15) is 6.10 Å². The number of aliphatic hydroxyl groups excluding tert-OH is 1. The normalized spacial score (nSPS) is 50.9. The van der Waals surface area contributed by atoms with Gasteiger partial charge in [-0.15, -0.1) is 0 Å². The third kappa shape index (κ3) is 1.66. The van der Waals surface area contributed by atoms with Crippen LogP contribution >= 0.6 is 0 Å². The summed E-state index contributed by atoms with van der Waals surface area (Å²) in [5, 5.41) is 22.3. The highest BCUT2D eigenvalue weighted by Gasteiger charge is 2.74. The lowest BCUT2D eigenvalue weighted by Crippen LogP contribution is -2.46. The van der Waals surface area contributed by atoms with Crippen LogP contribution in [0, 0.1) is 22.7 Å². The summed E-state index contributed by atoms with van der Waals surface area (Å²) < 4.78 is 5.31. The van der Waals surface area contributed by atoms with Gasteiger partial charge in [-0.05, 0) is 30.3 Å². The molecule has 3 rings (SSSR count). The van der Waals surface area contributed by atoms with Crippen LogP contribution in [0.4, 0.5) is 0 Å². The molecule has 2 N–H and O–H groups in total. The Labute approximate surface area is 126 Å². The van der Waals surface area contributed by atoms with Crippen LogP contribution in [0.3, 0.4) is 0 Å². The van der Waals surface area contributed by atoms with Gasteiger partial charge in [0.25, 0.3) is 0 Å². The SMILES string of the molecule is C=C1[C@@H](OC(C)=O)C[C@H]2[C@H](O)[C@]3(C)CCC(C)(C)[C@@H]3[C@@]12O. The molecule has 4 nitrogen and oxygen atoms in total. The molecule has 0 unspecified atom stereocenters. The zero-order chi connectivity index (χ0) is 15.8. The van der Waals surface area contributed by atoms with Crippen LogP contribution in [-0.2, 0) is 9.53 Å². The van der Waals surface area contributed by atoms with Crippen LogP contribution in [0.2, 0.25) is 0 Å². The van der Waals surface area contributed by atoms with Crippen molar-refractivity contribution in [2.45, 2.75) is 64.8 Å². The molecule has 118 valence electrons. The molecular weight excluding hydrogens is 268 g/mol. The van der Waals surface area contributed by atoms with Gasteiger partial charge in [-0.3, -0.25) is 4.79 Å². The second-order valence-corrected chi connectivity index (χ2v) is 8.16. The maximum absolute atomic E-state index is 11.5. The number of aliphatic hydroxyl groups is 2. The summed E-state index contributed by atoms with van der Waals surface area (Å²) in [5.74, 6) is -0.706. The number of rotatable bonds is 1. The fraction of sp³-hybridized carbons (Fsp3) is 0.824. The first kappa shape index (κ1) is 15.0. The van der Waals surface area contributed by atoms with Gasteiger partial charge in [0.2, 0.25) is 0 Å². The monoisotopic (exact) mass is 294 g/mol. The van der Waals surface area contributed by atoms with Crippen LogP contribution < -0.4 is 0 Å². The summed E-state index contributed by atoms with van der Waals surface area (Å²) >= 11 is 0. The second kappa shape index (κ2) is 4.11. The third-order valence-electron chi connectivity index (χ3n) is 6.49. The minimum absolute atomic E-state index is 0.0504. The minimum Gasteiger partial charge on any atom is -0.458 e. The molecule has 0 aromatic heterocycles. The van der Waals surface area contributed by atoms with Crippen molar-refractivity contribution in [3.05, 3.63) is 12.2 Å². The van der Waals surface area contributed by atoms with Crippen molar-refractivity contribution in [3.8, 4) is 0 Å². The molecule has 0 spiro atoms. The Kier molecular flexibility index (Phi) is 2.94. The number of hydrogen-bond donors (Lipinski definition) is 2. The van der Waals surface area contributed by atoms with E-state index in [1.807, 2.05) is 0 Å². The molecule has 0 saturated heterocycles. The smallest absolute Gasteiger partial charge is 0.303 e. The van der Waals surface area contributed by atoms with Crippen molar-refractivity contribution in [1.29, 1.82) is 0 Å². The van der Waals surface area contributed by atoms with E-state index in [0.29, 0.717) is 12.0 Å². The maximum atomic E-state index is 11.5. The van der Waals surface area contributed by atoms with Crippen LogP contribution in [-0.4, -0.2) is 34.0 Å². The Morgan fingerprint density at radius 3 is 2.52 bits per heavy atom. The lowest BCUT2D eigenvalue weighted by molar-refractivity contribution is -0.145. The van der Waals surface area contributed by atoms with E-state index in [0.717, 1.165) is 12.8 Å². The van der Waals surface area contributed by atoms with Crippen molar-refractivity contribution in [1.82, 2.24) is 0 Å². The fourth-order valence-corrected chi connectivity index (χ4v) is 5.79. The Bertz CT molecular complexity index is 511. The van der Waals surface area contributed by atoms with E-state index in [1.165, 1.54) is 6.92 Å². The average Bonchev–Trinajstić information content (AvgIpc) is 2.81. The Morgan fingerprint density at radius 2 is 1.95 bits per heavy atom. The maximum Gasteiger partial charge on any atom is 0.303 e. The average molecular weight is 294 g/mol. The molecule has 3 aliphatic carbocycles. The standard InChI is InChI=1S/C17H26O4/c1-9-12(21-10(2)18)8-11-13(19)16(5)7-6-15(3,4)14(16)17(9,11)20/h11-14,19-20H,1,6-8H2,2-5H3/t11-,12-,13-,14-,16-,17+/m0/s1. The first-order valence-electron chi connectivity index (χ1n) is 7.82. The van der Waals surface area contributed by atoms with Crippen molar-refractivity contribution < 1.29 is 19.7 Å². The molecule has 3 fully saturated rings. The molecule has 0 radical (unpaired) electrons. The summed E-state index contributed by atoms with van der Waals surface area (Å²) in [6.45, 7) is 11.8. The van der Waals surface area contributed by atoms with E-state index < -0.39 is 17.8 Å². The fourth-order valence-electron chi connectivity index (χ4n) is 5.79. The molecule has 21 heavy (non-hydrogen) atoms. The number of carbonyl (C=O) groups excluding carboxylic acids is 1. The van der Waals surface area contributed by atoms with Gasteiger partial charge in [0, 0.05) is 24.2 Å². The number of ether oxygens (including phenoxy) is 1. The molecular formula is C17H26O4. The van der Waals surface area contributed by atoms with Gasteiger partial charge >= 0.3 is 5.97 Å². The first-order valence-corrected chi connectivity index (χ1v) is 7.82. The minimum atomic E-state index is -1.13. The number of hydrogen-bond acceptors (Lipinski definition) is 4. The van der Waals surface area contributed by atoms with Crippen molar-refractivity contribution in [3.63, 3.8) is 0 Å². The van der Waals surface area contributed by atoms with Gasteiger partial charge in [0.15, 0.2) is 0 Å². The van der Waals surface area contributed by atoms with Gasteiger partial charge in [-0.1, -0.05) is 27.4 Å². The largest absolute Gasteiger partial charge is 0.458 e. The van der Waals surface area contributed by atoms with E-state index in [1.54, 1.807) is 0 Å². The lowest BCUT2D eigenvalue weighted by atomic mass is 9.66. The van der Waals surface area contributed by atoms with Crippen LogP contribution in [0.15, 0.2) is 12.2 Å². The second-order valence-electron chi connectivity index (χ2n) is 8.16. The van der Waals surface area contributed by atoms with Crippen LogP contribution in [0.1, 0.15) is 47.0 Å². The highest BCUT2D eigenvalue weighted by molar-refractivity contribution is 5.66. The Morgan fingerprint density at radius 1 is 1.33 bits per heavy atom. The molecule has 0 aromatic carbocycles. The molecule has 6 atom stereocenters. The molecule has 0 heterocycles. The Hall–Kier alpha value is -0.870. The summed E-state index contributed by atoms with van der Waals surface area (Å²) in [7, 11) is 0. The van der Waals surface area contributed by atoms with E-state index >= 15 is 0 Å². The highest BCUT2D eigenvalue weighted by Crippen LogP contribution is 2.71. The van der Waals surface area contributed by atoms with E-state index in [4.69, 9.17) is 4.74 Å². The predicted octanol–water partition coefficient (Wildman–Crippen LogP) is 2.04. The summed E-state index contributed by atoms with van der Waals surface area (Å²) in [6, 6.07) is 0. The first-order chi connectivity index (χ1) is 9.55.